The zero-order chi connectivity index (χ0) is 21.3. The van der Waals surface area contributed by atoms with Gasteiger partial charge in [-0.1, -0.05) is 17.8 Å². The molecule has 4 rings (SSSR count). The molecule has 0 bridgehead atoms. The van der Waals surface area contributed by atoms with Crippen LogP contribution in [0, 0.1) is 0 Å². The molecule has 1 aromatic carbocycles. The summed E-state index contributed by atoms with van der Waals surface area (Å²) in [6.07, 6.45) is 2.38. The van der Waals surface area contributed by atoms with Crippen molar-refractivity contribution in [2.24, 2.45) is 5.73 Å². The molecule has 7 nitrogen and oxygen atoms in total. The molecule has 3 heterocycles. The lowest BCUT2D eigenvalue weighted by Gasteiger charge is -2.09. The lowest BCUT2D eigenvalue weighted by Crippen LogP contribution is -2.19. The summed E-state index contributed by atoms with van der Waals surface area (Å²) in [4.78, 5) is 24.2. The Morgan fingerprint density at radius 2 is 2.07 bits per heavy atom. The van der Waals surface area contributed by atoms with Gasteiger partial charge in [-0.2, -0.15) is 13.2 Å². The Morgan fingerprint density at radius 1 is 1.23 bits per heavy atom. The first-order chi connectivity index (χ1) is 14.3. The van der Waals surface area contributed by atoms with Gasteiger partial charge in [-0.25, -0.2) is 15.0 Å². The number of benzene rings is 1. The number of carbonyl (C=O) groups excluding carboxylic acids is 1. The van der Waals surface area contributed by atoms with Crippen molar-refractivity contribution in [1.82, 2.24) is 19.5 Å². The molecule has 0 radical (unpaired) electrons. The van der Waals surface area contributed by atoms with Crippen molar-refractivity contribution >= 4 is 28.9 Å². The van der Waals surface area contributed by atoms with Crippen LogP contribution in [-0.4, -0.2) is 25.4 Å². The lowest BCUT2D eigenvalue weighted by atomic mass is 10.1. The van der Waals surface area contributed by atoms with E-state index in [2.05, 4.69) is 20.3 Å². The van der Waals surface area contributed by atoms with E-state index in [1.165, 1.54) is 11.8 Å². The number of aryl methyl sites for hydroxylation is 2. The number of hydrogen-bond acceptors (Lipinski definition) is 6. The molecule has 0 atom stereocenters. The van der Waals surface area contributed by atoms with E-state index >= 15 is 0 Å². The summed E-state index contributed by atoms with van der Waals surface area (Å²) in [6.45, 7) is 0.754. The summed E-state index contributed by atoms with van der Waals surface area (Å²) in [5, 5.41) is 3.33. The van der Waals surface area contributed by atoms with E-state index in [9.17, 15) is 18.0 Å². The fourth-order valence-electron chi connectivity index (χ4n) is 2.92. The van der Waals surface area contributed by atoms with Crippen molar-refractivity contribution in [2.75, 3.05) is 5.32 Å². The zero-order valence-corrected chi connectivity index (χ0v) is 16.2. The highest BCUT2D eigenvalue weighted by Gasteiger charge is 2.34. The van der Waals surface area contributed by atoms with Gasteiger partial charge in [0.1, 0.15) is 11.3 Å². The molecule has 1 amide bonds. The second-order valence-corrected chi connectivity index (χ2v) is 7.49. The van der Waals surface area contributed by atoms with Gasteiger partial charge in [0.05, 0.1) is 17.0 Å². The first kappa shape index (κ1) is 20.0. The number of nitrogens with zero attached hydrogens (tertiary/aromatic N) is 4. The van der Waals surface area contributed by atoms with Gasteiger partial charge in [-0.15, -0.1) is 0 Å². The molecule has 1 aliphatic rings. The van der Waals surface area contributed by atoms with Gasteiger partial charge in [0.2, 0.25) is 0 Å². The standard InChI is InChI=1S/C19H15F3N6OS/c20-19(21,22)14-3-5-25-17(27-14)15(16(23)29)18-26-12-2-1-11(9-13(12)30-18)4-7-28-8-6-24-10-28/h1-3,5-6,8-10,26H,4,7H2,(H2,23,29)/b18-15-. The Hall–Kier alpha value is -3.34. The number of primary amides is 1. The summed E-state index contributed by atoms with van der Waals surface area (Å²) >= 11 is 1.21. The van der Waals surface area contributed by atoms with E-state index in [-0.39, 0.29) is 11.4 Å². The molecule has 0 aliphatic carbocycles. The number of halogens is 3. The summed E-state index contributed by atoms with van der Waals surface area (Å²) in [6, 6.07) is 6.49. The van der Waals surface area contributed by atoms with Crippen molar-refractivity contribution in [3.05, 3.63) is 71.3 Å². The first-order valence-electron chi connectivity index (χ1n) is 8.79. The number of alkyl halides is 3. The molecule has 0 saturated carbocycles. The van der Waals surface area contributed by atoms with Crippen molar-refractivity contribution in [2.45, 2.75) is 24.0 Å². The Labute approximate surface area is 173 Å². The second kappa shape index (κ2) is 7.82. The van der Waals surface area contributed by atoms with Crippen LogP contribution in [0.5, 0.6) is 0 Å². The number of aromatic nitrogens is 4. The number of amides is 1. The molecule has 3 N–H and O–H groups in total. The quantitative estimate of drug-likeness (QED) is 0.601. The number of rotatable bonds is 5. The number of fused-ring (bicyclic) bond motifs is 1. The number of nitrogens with one attached hydrogen (secondary N) is 1. The molecule has 1 aliphatic heterocycles. The third-order valence-electron chi connectivity index (χ3n) is 4.37. The van der Waals surface area contributed by atoms with Gasteiger partial charge in [-0.05, 0) is 30.2 Å². The number of imidazole rings is 1. The third-order valence-corrected chi connectivity index (χ3v) is 5.44. The van der Waals surface area contributed by atoms with Gasteiger partial charge in [-0.3, -0.25) is 4.79 Å². The Balaban J connectivity index is 1.62. The van der Waals surface area contributed by atoms with Crippen molar-refractivity contribution < 1.29 is 18.0 Å². The molecule has 0 unspecified atom stereocenters. The molecular formula is C19H15F3N6OS. The fraction of sp³-hybridized carbons (Fsp3) is 0.158. The largest absolute Gasteiger partial charge is 0.433 e. The molecule has 154 valence electrons. The van der Waals surface area contributed by atoms with Crippen LogP contribution < -0.4 is 11.1 Å². The minimum absolute atomic E-state index is 0.192. The van der Waals surface area contributed by atoms with E-state index in [4.69, 9.17) is 5.73 Å². The minimum Gasteiger partial charge on any atom is -0.365 e. The van der Waals surface area contributed by atoms with Crippen LogP contribution >= 0.6 is 11.8 Å². The fourth-order valence-corrected chi connectivity index (χ4v) is 4.03. The summed E-state index contributed by atoms with van der Waals surface area (Å²) in [5.74, 6) is -1.29. The van der Waals surface area contributed by atoms with Crippen LogP contribution in [0.2, 0.25) is 0 Å². The summed E-state index contributed by atoms with van der Waals surface area (Å²) in [5.41, 5.74) is 5.91. The Kier molecular flexibility index (Phi) is 5.20. The smallest absolute Gasteiger partial charge is 0.365 e. The van der Waals surface area contributed by atoms with Crippen molar-refractivity contribution in [1.29, 1.82) is 0 Å². The van der Waals surface area contributed by atoms with Gasteiger partial charge in [0, 0.05) is 30.0 Å². The maximum atomic E-state index is 13.0. The van der Waals surface area contributed by atoms with E-state index < -0.39 is 17.8 Å². The van der Waals surface area contributed by atoms with Crippen LogP contribution in [0.4, 0.5) is 18.9 Å². The molecule has 3 aromatic rings. The number of carbonyl (C=O) groups is 1. The van der Waals surface area contributed by atoms with E-state index in [1.807, 2.05) is 29.0 Å². The maximum Gasteiger partial charge on any atom is 0.433 e. The minimum atomic E-state index is -4.66. The van der Waals surface area contributed by atoms with Gasteiger partial charge in [0.15, 0.2) is 5.82 Å². The number of thioether (sulfide) groups is 1. The third kappa shape index (κ3) is 4.15. The Morgan fingerprint density at radius 3 is 2.77 bits per heavy atom. The second-order valence-electron chi connectivity index (χ2n) is 6.44. The van der Waals surface area contributed by atoms with E-state index in [0.29, 0.717) is 5.03 Å². The molecule has 0 fully saturated rings. The highest BCUT2D eigenvalue weighted by Crippen LogP contribution is 2.44. The van der Waals surface area contributed by atoms with Crippen molar-refractivity contribution in [3.8, 4) is 0 Å². The molecular weight excluding hydrogens is 417 g/mol. The van der Waals surface area contributed by atoms with E-state index in [1.54, 1.807) is 12.5 Å². The summed E-state index contributed by atoms with van der Waals surface area (Å²) in [7, 11) is 0. The van der Waals surface area contributed by atoms with Gasteiger partial charge in [0.25, 0.3) is 5.91 Å². The lowest BCUT2D eigenvalue weighted by molar-refractivity contribution is -0.141. The summed E-state index contributed by atoms with van der Waals surface area (Å²) < 4.78 is 40.9. The maximum absolute atomic E-state index is 13.0. The molecule has 0 saturated heterocycles. The molecule has 2 aromatic heterocycles. The average Bonchev–Trinajstić information content (AvgIpc) is 3.35. The van der Waals surface area contributed by atoms with Crippen LogP contribution in [0.1, 0.15) is 17.1 Å². The zero-order valence-electron chi connectivity index (χ0n) is 15.3. The average molecular weight is 432 g/mol. The number of nitrogens with two attached hydrogens (primary N) is 1. The van der Waals surface area contributed by atoms with Gasteiger partial charge >= 0.3 is 6.18 Å². The van der Waals surface area contributed by atoms with Crippen LogP contribution in [0.3, 0.4) is 0 Å². The normalized spacial score (nSPS) is 14.9. The monoisotopic (exact) mass is 432 g/mol. The number of anilines is 1. The number of hydrogen-bond donors (Lipinski definition) is 2. The van der Waals surface area contributed by atoms with Crippen LogP contribution in [0.15, 0.2) is 59.1 Å². The Bertz CT molecular complexity index is 1130. The topological polar surface area (TPSA) is 98.7 Å². The predicted octanol–water partition coefficient (Wildman–Crippen LogP) is 3.31. The van der Waals surface area contributed by atoms with Crippen LogP contribution in [0.25, 0.3) is 5.57 Å². The highest BCUT2D eigenvalue weighted by molar-refractivity contribution is 8.04. The highest BCUT2D eigenvalue weighted by atomic mass is 32.2. The molecule has 0 spiro atoms. The van der Waals surface area contributed by atoms with Crippen molar-refractivity contribution in [3.63, 3.8) is 0 Å². The molecule has 11 heteroatoms. The van der Waals surface area contributed by atoms with Gasteiger partial charge < -0.3 is 15.6 Å². The SMILES string of the molecule is NC(=O)/C(=C1\Nc2ccc(CCn3ccnc3)cc2S1)c1nccc(C(F)(F)F)n1. The van der Waals surface area contributed by atoms with E-state index in [0.717, 1.165) is 41.4 Å². The van der Waals surface area contributed by atoms with Crippen LogP contribution in [-0.2, 0) is 23.9 Å². The first-order valence-corrected chi connectivity index (χ1v) is 9.61. The molecule has 30 heavy (non-hydrogen) atoms. The predicted molar refractivity (Wildman–Crippen MR) is 105 cm³/mol.